The lowest BCUT2D eigenvalue weighted by Crippen LogP contribution is -2.44. The molecule has 4 aromatic carbocycles. The van der Waals surface area contributed by atoms with Gasteiger partial charge in [0.2, 0.25) is 0 Å². The number of rotatable bonds is 10. The summed E-state index contributed by atoms with van der Waals surface area (Å²) in [6.07, 6.45) is 0.727. The van der Waals surface area contributed by atoms with E-state index < -0.39 is 0 Å². The number of likely N-dealkylation sites (N-methyl/N-ethyl adjacent to an activating group) is 1. The quantitative estimate of drug-likeness (QED) is 0.223. The van der Waals surface area contributed by atoms with Gasteiger partial charge < -0.3 is 9.64 Å². The summed E-state index contributed by atoms with van der Waals surface area (Å²) in [4.78, 5) is 56.8. The Hall–Kier alpha value is -4.40. The van der Waals surface area contributed by atoms with Crippen molar-refractivity contribution in [3.63, 3.8) is 0 Å². The highest BCUT2D eigenvalue weighted by atomic mass is 16.5. The highest BCUT2D eigenvalue weighted by Crippen LogP contribution is 2.31. The van der Waals surface area contributed by atoms with E-state index in [2.05, 4.69) is 4.90 Å². The molecule has 2 heterocycles. The summed E-state index contributed by atoms with van der Waals surface area (Å²) in [7, 11) is 1.94. The monoisotopic (exact) mass is 535 g/mol. The van der Waals surface area contributed by atoms with Crippen LogP contribution in [0.3, 0.4) is 0 Å². The molecule has 6 rings (SSSR count). The Balaban J connectivity index is 0.961. The molecule has 4 amide bonds. The van der Waals surface area contributed by atoms with E-state index in [0.29, 0.717) is 48.5 Å². The smallest absolute Gasteiger partial charge is 0.261 e. The zero-order valence-corrected chi connectivity index (χ0v) is 22.3. The molecule has 0 N–H and O–H groups in total. The number of imide groups is 2. The van der Waals surface area contributed by atoms with Crippen LogP contribution in [-0.2, 0) is 4.74 Å². The van der Waals surface area contributed by atoms with Gasteiger partial charge in [-0.2, -0.15) is 0 Å². The van der Waals surface area contributed by atoms with Gasteiger partial charge in [0.25, 0.3) is 23.6 Å². The van der Waals surface area contributed by atoms with Gasteiger partial charge in [-0.15, -0.1) is 0 Å². The molecule has 8 heteroatoms. The number of ether oxygens (including phenoxy) is 1. The van der Waals surface area contributed by atoms with Crippen LogP contribution >= 0.6 is 0 Å². The molecule has 2 aliphatic rings. The number of carbonyl (C=O) groups excluding carboxylic acids is 4. The molecule has 0 unspecified atom stereocenters. The molecule has 0 saturated carbocycles. The predicted octanol–water partition coefficient (Wildman–Crippen LogP) is 4.22. The number of benzene rings is 4. The van der Waals surface area contributed by atoms with Gasteiger partial charge in [-0.1, -0.05) is 48.5 Å². The van der Waals surface area contributed by atoms with Gasteiger partial charge in [-0.05, 0) is 48.5 Å². The molecule has 0 aliphatic carbocycles. The molecule has 0 spiro atoms. The molecule has 4 aromatic rings. The summed E-state index contributed by atoms with van der Waals surface area (Å²) >= 11 is 0. The number of hydrogen-bond acceptors (Lipinski definition) is 6. The van der Waals surface area contributed by atoms with Crippen molar-refractivity contribution in [3.8, 4) is 0 Å². The third kappa shape index (κ3) is 4.45. The molecular formula is C32H29N3O5. The number of carbonyl (C=O) groups is 4. The van der Waals surface area contributed by atoms with Crippen molar-refractivity contribution < 1.29 is 23.9 Å². The molecule has 0 fully saturated rings. The normalized spacial score (nSPS) is 14.8. The minimum absolute atomic E-state index is 0.186. The highest BCUT2D eigenvalue weighted by Gasteiger charge is 2.33. The topological polar surface area (TPSA) is 87.2 Å². The first-order valence-corrected chi connectivity index (χ1v) is 13.5. The first kappa shape index (κ1) is 25.9. The van der Waals surface area contributed by atoms with Gasteiger partial charge in [0, 0.05) is 59.3 Å². The maximum absolute atomic E-state index is 13.1. The van der Waals surface area contributed by atoms with E-state index in [1.807, 2.05) is 55.6 Å². The second-order valence-corrected chi connectivity index (χ2v) is 10.2. The Labute approximate surface area is 231 Å². The fourth-order valence-electron chi connectivity index (χ4n) is 5.64. The van der Waals surface area contributed by atoms with Gasteiger partial charge >= 0.3 is 0 Å². The summed E-state index contributed by atoms with van der Waals surface area (Å²) < 4.78 is 5.75. The van der Waals surface area contributed by atoms with Crippen LogP contribution in [0.5, 0.6) is 0 Å². The van der Waals surface area contributed by atoms with Crippen LogP contribution in [0.2, 0.25) is 0 Å². The number of amides is 4. The van der Waals surface area contributed by atoms with Gasteiger partial charge in [-0.3, -0.25) is 29.0 Å². The average Bonchev–Trinajstić information content (AvgIpc) is 2.97. The number of hydrogen-bond donors (Lipinski definition) is 0. The zero-order chi connectivity index (χ0) is 27.8. The Morgan fingerprint density at radius 1 is 0.575 bits per heavy atom. The first-order valence-electron chi connectivity index (χ1n) is 13.5. The van der Waals surface area contributed by atoms with Gasteiger partial charge in [-0.25, -0.2) is 0 Å². The maximum atomic E-state index is 13.1. The van der Waals surface area contributed by atoms with E-state index >= 15 is 0 Å². The van der Waals surface area contributed by atoms with Crippen molar-refractivity contribution in [2.45, 2.75) is 6.42 Å². The third-order valence-corrected chi connectivity index (χ3v) is 7.70. The van der Waals surface area contributed by atoms with E-state index in [-0.39, 0.29) is 36.8 Å². The maximum Gasteiger partial charge on any atom is 0.261 e. The highest BCUT2D eigenvalue weighted by molar-refractivity contribution is 6.26. The van der Waals surface area contributed by atoms with E-state index in [1.54, 1.807) is 24.3 Å². The van der Waals surface area contributed by atoms with Gasteiger partial charge in [0.05, 0.1) is 13.2 Å². The zero-order valence-electron chi connectivity index (χ0n) is 22.3. The van der Waals surface area contributed by atoms with Crippen LogP contribution in [0, 0.1) is 0 Å². The Bertz CT molecular complexity index is 1580. The molecule has 0 radical (unpaired) electrons. The van der Waals surface area contributed by atoms with Crippen molar-refractivity contribution in [1.82, 2.24) is 14.7 Å². The van der Waals surface area contributed by atoms with Crippen LogP contribution in [0.4, 0.5) is 0 Å². The van der Waals surface area contributed by atoms with Crippen LogP contribution < -0.4 is 0 Å². The molecule has 0 aromatic heterocycles. The molecule has 40 heavy (non-hydrogen) atoms. The molecule has 0 atom stereocenters. The first-order chi connectivity index (χ1) is 19.5. The summed E-state index contributed by atoms with van der Waals surface area (Å²) in [6, 6.07) is 22.0. The van der Waals surface area contributed by atoms with Crippen molar-refractivity contribution in [1.29, 1.82) is 0 Å². The standard InChI is InChI=1S/C32H29N3O5/c1-33(16-17-34-29(36)23-11-2-7-21-8-3-12-24(27(21)23)30(34)37)15-6-19-40-20-18-35-31(38)25-13-4-9-22-10-5-14-26(28(22)25)32(35)39/h2-5,7-14H,6,15-20H2,1H3. The second kappa shape index (κ2) is 10.6. The van der Waals surface area contributed by atoms with Crippen molar-refractivity contribution in [2.24, 2.45) is 0 Å². The predicted molar refractivity (Wildman–Crippen MR) is 152 cm³/mol. The van der Waals surface area contributed by atoms with Crippen LogP contribution in [0.15, 0.2) is 72.8 Å². The Morgan fingerprint density at radius 2 is 1.00 bits per heavy atom. The SMILES string of the molecule is CN(CCCOCCN1C(=O)c2cccc3cccc(c23)C1=O)CCN1C(=O)c2cccc3cccc(c23)C1=O. The molecule has 2 aliphatic heterocycles. The fraction of sp³-hybridized carbons (Fsp3) is 0.250. The second-order valence-electron chi connectivity index (χ2n) is 10.2. The van der Waals surface area contributed by atoms with E-state index in [1.165, 1.54) is 9.80 Å². The van der Waals surface area contributed by atoms with Crippen molar-refractivity contribution in [3.05, 3.63) is 95.1 Å². The lowest BCUT2D eigenvalue weighted by molar-refractivity contribution is 0.0515. The molecule has 202 valence electrons. The number of nitrogens with zero attached hydrogens (tertiary/aromatic N) is 3. The molecule has 8 nitrogen and oxygen atoms in total. The minimum atomic E-state index is -0.293. The molecule has 0 saturated heterocycles. The lowest BCUT2D eigenvalue weighted by Gasteiger charge is -2.29. The lowest BCUT2D eigenvalue weighted by atomic mass is 9.94. The molecule has 0 bridgehead atoms. The van der Waals surface area contributed by atoms with Gasteiger partial charge in [0.1, 0.15) is 0 Å². The summed E-state index contributed by atoms with van der Waals surface area (Å²) in [5, 5.41) is 3.22. The summed E-state index contributed by atoms with van der Waals surface area (Å²) in [5.74, 6) is -1.10. The largest absolute Gasteiger partial charge is 0.380 e. The van der Waals surface area contributed by atoms with E-state index in [9.17, 15) is 19.2 Å². The summed E-state index contributed by atoms with van der Waals surface area (Å²) in [5.41, 5.74) is 2.21. The van der Waals surface area contributed by atoms with Gasteiger partial charge in [0.15, 0.2) is 0 Å². The third-order valence-electron chi connectivity index (χ3n) is 7.70. The van der Waals surface area contributed by atoms with Crippen LogP contribution in [-0.4, -0.2) is 84.8 Å². The summed E-state index contributed by atoms with van der Waals surface area (Å²) in [6.45, 7) is 2.44. The fourth-order valence-corrected chi connectivity index (χ4v) is 5.64. The van der Waals surface area contributed by atoms with E-state index in [4.69, 9.17) is 4.74 Å². The van der Waals surface area contributed by atoms with Crippen molar-refractivity contribution >= 4 is 45.2 Å². The average molecular weight is 536 g/mol. The Morgan fingerprint density at radius 3 is 1.45 bits per heavy atom. The van der Waals surface area contributed by atoms with Crippen LogP contribution in [0.1, 0.15) is 47.9 Å². The Kier molecular flexibility index (Phi) is 6.88. The van der Waals surface area contributed by atoms with E-state index in [0.717, 1.165) is 28.0 Å². The van der Waals surface area contributed by atoms with Crippen molar-refractivity contribution in [2.75, 3.05) is 46.4 Å². The molecular weight excluding hydrogens is 506 g/mol. The van der Waals surface area contributed by atoms with Crippen LogP contribution in [0.25, 0.3) is 21.5 Å². The minimum Gasteiger partial charge on any atom is -0.380 e.